The highest BCUT2D eigenvalue weighted by molar-refractivity contribution is 5.65. The molecule has 0 aliphatic rings. The summed E-state index contributed by atoms with van der Waals surface area (Å²) < 4.78 is 24.4. The van der Waals surface area contributed by atoms with Crippen molar-refractivity contribution >= 4 is 5.82 Å². The Morgan fingerprint density at radius 1 is 1.28 bits per heavy atom. The van der Waals surface area contributed by atoms with E-state index in [1.54, 1.807) is 56.6 Å². The normalized spacial score (nSPS) is 12.8. The highest BCUT2D eigenvalue weighted by atomic mass is 16.5. The summed E-state index contributed by atoms with van der Waals surface area (Å²) in [5.41, 5.74) is 7.20. The number of aliphatic hydroxyl groups is 1. The first-order valence-electron chi connectivity index (χ1n) is 10.3. The van der Waals surface area contributed by atoms with E-state index in [4.69, 9.17) is 13.2 Å². The van der Waals surface area contributed by atoms with Crippen molar-refractivity contribution in [2.45, 2.75) is 45.9 Å². The van der Waals surface area contributed by atoms with Gasteiger partial charge in [-0.25, -0.2) is 4.98 Å². The molecule has 0 bridgehead atoms. The maximum Gasteiger partial charge on any atom is 0.166 e. The summed E-state index contributed by atoms with van der Waals surface area (Å²) >= 11 is 0. The Bertz CT molecular complexity index is 1140. The number of nitrogens with zero attached hydrogens (tertiary/aromatic N) is 3. The number of anilines is 1. The maximum atomic E-state index is 9.79. The number of nitrogen functional groups attached to an aromatic ring is 1. The molecule has 0 amide bonds. The van der Waals surface area contributed by atoms with Crippen LogP contribution in [0.1, 0.15) is 47.6 Å². The lowest BCUT2D eigenvalue weighted by molar-refractivity contribution is 0.143. The van der Waals surface area contributed by atoms with Crippen molar-refractivity contribution in [3.05, 3.63) is 60.0 Å². The quantitative estimate of drug-likeness (QED) is 0.645. The minimum absolute atomic E-state index is 0.0850. The number of ether oxygens (including phenoxy) is 1. The van der Waals surface area contributed by atoms with Gasteiger partial charge >= 0.3 is 0 Å². The van der Waals surface area contributed by atoms with Crippen LogP contribution in [0.4, 0.5) is 5.82 Å². The molecule has 2 aromatic heterocycles. The number of pyridine rings is 1. The van der Waals surface area contributed by atoms with E-state index < -0.39 is 12.2 Å². The molecular formula is C23H26N4O2. The van der Waals surface area contributed by atoms with Crippen molar-refractivity contribution in [2.24, 2.45) is 0 Å². The Hall–Kier alpha value is -3.30. The molecule has 29 heavy (non-hydrogen) atoms. The Morgan fingerprint density at radius 2 is 2.07 bits per heavy atom. The Morgan fingerprint density at radius 3 is 2.76 bits per heavy atom. The Labute approximate surface area is 174 Å². The number of rotatable bonds is 5. The summed E-state index contributed by atoms with van der Waals surface area (Å²) in [6.45, 7) is 5.05. The van der Waals surface area contributed by atoms with Gasteiger partial charge in [0, 0.05) is 35.1 Å². The second-order valence-corrected chi connectivity index (χ2v) is 7.50. The number of hydrogen-bond donors (Lipinski definition) is 2. The van der Waals surface area contributed by atoms with Crippen LogP contribution in [-0.4, -0.2) is 25.5 Å². The van der Waals surface area contributed by atoms with Crippen LogP contribution >= 0.6 is 0 Å². The zero-order chi connectivity index (χ0) is 22.8. The van der Waals surface area contributed by atoms with Crippen molar-refractivity contribution < 1.29 is 12.6 Å². The average molecular weight is 392 g/mol. The summed E-state index contributed by atoms with van der Waals surface area (Å²) in [5.74, 6) is 5.78. The molecule has 0 radical (unpaired) electrons. The number of nitrogens with two attached hydrogens (primary N) is 1. The first-order valence-corrected chi connectivity index (χ1v) is 9.30. The SMILES string of the molecule is [2H]C([2H])(Oc1cc(-c2cnn(C(C)C)c2)cnc1N)c1cccc(C#CC(C)(C)O)c1. The smallest absolute Gasteiger partial charge is 0.166 e. The molecule has 0 fully saturated rings. The van der Waals surface area contributed by atoms with Gasteiger partial charge in [-0.3, -0.25) is 4.68 Å². The molecule has 2 heterocycles. The molecule has 0 saturated heterocycles. The third-order valence-electron chi connectivity index (χ3n) is 4.00. The highest BCUT2D eigenvalue weighted by Gasteiger charge is 2.10. The molecule has 1 aromatic carbocycles. The minimum Gasteiger partial charge on any atom is -0.485 e. The van der Waals surface area contributed by atoms with Crippen LogP contribution in [0.3, 0.4) is 0 Å². The number of aromatic nitrogens is 3. The van der Waals surface area contributed by atoms with Crippen molar-refractivity contribution in [3.63, 3.8) is 0 Å². The van der Waals surface area contributed by atoms with Gasteiger partial charge < -0.3 is 15.6 Å². The fourth-order valence-corrected chi connectivity index (χ4v) is 2.46. The van der Waals surface area contributed by atoms with Gasteiger partial charge in [-0.15, -0.1) is 0 Å². The van der Waals surface area contributed by atoms with E-state index in [9.17, 15) is 5.11 Å². The first-order chi connectivity index (χ1) is 14.4. The van der Waals surface area contributed by atoms with Crippen molar-refractivity contribution in [3.8, 4) is 28.7 Å². The second kappa shape index (κ2) is 8.38. The van der Waals surface area contributed by atoms with Gasteiger partial charge in [0.2, 0.25) is 0 Å². The van der Waals surface area contributed by atoms with Crippen molar-refractivity contribution in [2.75, 3.05) is 5.73 Å². The van der Waals surface area contributed by atoms with Gasteiger partial charge in [-0.05, 0) is 51.5 Å². The lowest BCUT2D eigenvalue weighted by Gasteiger charge is -2.10. The van der Waals surface area contributed by atoms with Crippen LogP contribution in [0.2, 0.25) is 0 Å². The average Bonchev–Trinajstić information content (AvgIpc) is 3.18. The molecule has 150 valence electrons. The molecule has 6 nitrogen and oxygen atoms in total. The van der Waals surface area contributed by atoms with Crippen molar-refractivity contribution in [1.29, 1.82) is 0 Å². The van der Waals surface area contributed by atoms with Gasteiger partial charge in [0.1, 0.15) is 12.2 Å². The van der Waals surface area contributed by atoms with Gasteiger partial charge in [-0.2, -0.15) is 5.10 Å². The molecule has 3 rings (SSSR count). The van der Waals surface area contributed by atoms with E-state index in [2.05, 4.69) is 21.9 Å². The molecule has 0 atom stereocenters. The third-order valence-corrected chi connectivity index (χ3v) is 4.00. The van der Waals surface area contributed by atoms with Gasteiger partial charge in [0.25, 0.3) is 0 Å². The highest BCUT2D eigenvalue weighted by Crippen LogP contribution is 2.28. The van der Waals surface area contributed by atoms with E-state index in [-0.39, 0.29) is 23.2 Å². The summed E-state index contributed by atoms with van der Waals surface area (Å²) in [4.78, 5) is 4.16. The summed E-state index contributed by atoms with van der Waals surface area (Å²) in [6.07, 6.45) is 5.21. The molecule has 3 N–H and O–H groups in total. The van der Waals surface area contributed by atoms with Crippen LogP contribution in [0.15, 0.2) is 48.9 Å². The summed E-state index contributed by atoms with van der Waals surface area (Å²) in [7, 11) is 0. The lowest BCUT2D eigenvalue weighted by Crippen LogP contribution is -2.14. The molecule has 0 unspecified atom stereocenters. The standard InChI is InChI=1S/C23H26N4O2/c1-16(2)27-14-20(13-26-27)19-11-21(22(24)25-12-19)29-15-18-7-5-6-17(10-18)8-9-23(3,4)28/h5-7,10-14,16,28H,15H2,1-4H3,(H2,24,25)/i15D2. The zero-order valence-electron chi connectivity index (χ0n) is 19.0. The summed E-state index contributed by atoms with van der Waals surface area (Å²) in [6, 6.07) is 8.48. The topological polar surface area (TPSA) is 86.2 Å². The predicted octanol–water partition coefficient (Wildman–Crippen LogP) is 3.81. The van der Waals surface area contributed by atoms with Gasteiger partial charge in [0.05, 0.1) is 8.94 Å². The zero-order valence-corrected chi connectivity index (χ0v) is 17.0. The fraction of sp³-hybridized carbons (Fsp3) is 0.304. The second-order valence-electron chi connectivity index (χ2n) is 7.50. The van der Waals surface area contributed by atoms with Crippen LogP contribution in [-0.2, 0) is 6.56 Å². The molecule has 6 heteroatoms. The lowest BCUT2D eigenvalue weighted by atomic mass is 10.1. The van der Waals surface area contributed by atoms with E-state index in [1.807, 2.05) is 24.7 Å². The third kappa shape index (κ3) is 5.59. The molecular weight excluding hydrogens is 364 g/mol. The molecule has 0 aliphatic heterocycles. The molecule has 0 aliphatic carbocycles. The monoisotopic (exact) mass is 392 g/mol. The molecule has 3 aromatic rings. The molecule has 0 spiro atoms. The van der Waals surface area contributed by atoms with Crippen LogP contribution in [0, 0.1) is 11.8 Å². The largest absolute Gasteiger partial charge is 0.485 e. The minimum atomic E-state index is -2.18. The van der Waals surface area contributed by atoms with E-state index in [0.717, 1.165) is 11.1 Å². The van der Waals surface area contributed by atoms with Crippen LogP contribution in [0.5, 0.6) is 5.75 Å². The van der Waals surface area contributed by atoms with E-state index >= 15 is 0 Å². The Kier molecular flexibility index (Phi) is 5.13. The fourth-order valence-electron chi connectivity index (χ4n) is 2.46. The van der Waals surface area contributed by atoms with Gasteiger partial charge in [0.15, 0.2) is 11.6 Å². The predicted molar refractivity (Wildman–Crippen MR) is 114 cm³/mol. The van der Waals surface area contributed by atoms with Crippen LogP contribution < -0.4 is 10.5 Å². The first kappa shape index (κ1) is 17.8. The van der Waals surface area contributed by atoms with Crippen molar-refractivity contribution in [1.82, 2.24) is 14.8 Å². The maximum absolute atomic E-state index is 9.79. The van der Waals surface area contributed by atoms with E-state index in [1.165, 1.54) is 0 Å². The van der Waals surface area contributed by atoms with E-state index in [0.29, 0.717) is 5.56 Å². The summed E-state index contributed by atoms with van der Waals surface area (Å²) in [5, 5.41) is 14.1. The Balaban J connectivity index is 1.89. The van der Waals surface area contributed by atoms with Crippen LogP contribution in [0.25, 0.3) is 11.1 Å². The molecule has 0 saturated carbocycles. The number of hydrogen-bond acceptors (Lipinski definition) is 5. The number of benzene rings is 1. The van der Waals surface area contributed by atoms with Gasteiger partial charge in [-0.1, -0.05) is 24.0 Å².